The van der Waals surface area contributed by atoms with Gasteiger partial charge in [-0.25, -0.2) is 9.97 Å². The third-order valence-electron chi connectivity index (χ3n) is 5.47. The van der Waals surface area contributed by atoms with Gasteiger partial charge in [-0.2, -0.15) is 5.12 Å². The van der Waals surface area contributed by atoms with E-state index in [1.165, 1.54) is 31.8 Å². The maximum absolute atomic E-state index is 15.6. The summed E-state index contributed by atoms with van der Waals surface area (Å²) in [7, 11) is 1.51. The molecule has 4 rings (SSSR count). The minimum atomic E-state index is -0.689. The number of rotatable bonds is 6. The van der Waals surface area contributed by atoms with Gasteiger partial charge in [-0.1, -0.05) is 17.3 Å². The van der Waals surface area contributed by atoms with Crippen molar-refractivity contribution in [2.75, 3.05) is 17.5 Å². The lowest BCUT2D eigenvalue weighted by Crippen LogP contribution is -2.42. The zero-order valence-electron chi connectivity index (χ0n) is 17.1. The first kappa shape index (κ1) is 20.7. The van der Waals surface area contributed by atoms with Crippen LogP contribution in [0.4, 0.5) is 21.5 Å². The number of nitrogens with one attached hydrogen (secondary N) is 1. The number of aromatic nitrogens is 3. The molecule has 1 amide bonds. The number of benzene rings is 1. The summed E-state index contributed by atoms with van der Waals surface area (Å²) in [6.07, 6.45) is 7.95. The largest absolute Gasteiger partial charge is 0.480 e. The molecule has 2 atom stereocenters. The monoisotopic (exact) mass is 425 g/mol. The first-order chi connectivity index (χ1) is 15.0. The van der Waals surface area contributed by atoms with Crippen molar-refractivity contribution in [3.05, 3.63) is 42.4 Å². The molecule has 1 fully saturated rings. The van der Waals surface area contributed by atoms with Gasteiger partial charge < -0.3 is 21.5 Å². The van der Waals surface area contributed by atoms with Crippen molar-refractivity contribution < 1.29 is 14.0 Å². The number of nitrogens with zero attached hydrogens (tertiary/aromatic N) is 4. The van der Waals surface area contributed by atoms with Crippen LogP contribution in [0.15, 0.2) is 36.8 Å². The van der Waals surface area contributed by atoms with Crippen LogP contribution in [-0.2, 0) is 0 Å². The minimum Gasteiger partial charge on any atom is -0.480 e. The molecular weight excluding hydrogens is 401 g/mol. The van der Waals surface area contributed by atoms with Crippen LogP contribution in [0.1, 0.15) is 36.0 Å². The number of halogens is 1. The quantitative estimate of drug-likeness (QED) is 0.514. The number of nitrogens with two attached hydrogens (primary N) is 2. The molecule has 2 aromatic heterocycles. The summed E-state index contributed by atoms with van der Waals surface area (Å²) in [5.74, 6) is -0.332. The molecule has 1 aromatic carbocycles. The van der Waals surface area contributed by atoms with E-state index >= 15 is 4.48 Å². The van der Waals surface area contributed by atoms with Gasteiger partial charge in [0.1, 0.15) is 11.2 Å². The standard InChI is InChI=1S/C21H24FN7O2/c1-31-18-11-26-19-16(27-18)6-7-17(20(19)28-15-5-3-2-4-14(15)23)29(22)13-8-12(21(24)30)9-25-10-13/h6-11,14-15,28H,2-5,23H2,1H3,(H2,24,30). The Morgan fingerprint density at radius 3 is 2.81 bits per heavy atom. The molecule has 31 heavy (non-hydrogen) atoms. The highest BCUT2D eigenvalue weighted by Crippen LogP contribution is 2.38. The van der Waals surface area contributed by atoms with Crippen LogP contribution < -0.4 is 26.6 Å². The molecule has 0 radical (unpaired) electrons. The van der Waals surface area contributed by atoms with Gasteiger partial charge in [0.05, 0.1) is 42.0 Å². The van der Waals surface area contributed by atoms with E-state index in [0.29, 0.717) is 27.7 Å². The summed E-state index contributed by atoms with van der Waals surface area (Å²) >= 11 is 0. The molecule has 0 bridgehead atoms. The summed E-state index contributed by atoms with van der Waals surface area (Å²) in [6, 6.07) is 4.49. The van der Waals surface area contributed by atoms with E-state index in [4.69, 9.17) is 16.2 Å². The van der Waals surface area contributed by atoms with Crippen molar-refractivity contribution in [2.24, 2.45) is 11.5 Å². The number of fused-ring (bicyclic) bond motifs is 1. The highest BCUT2D eigenvalue weighted by Gasteiger charge is 2.26. The Bertz CT molecular complexity index is 1110. The van der Waals surface area contributed by atoms with E-state index in [2.05, 4.69) is 20.3 Å². The Morgan fingerprint density at radius 2 is 2.06 bits per heavy atom. The Morgan fingerprint density at radius 1 is 1.26 bits per heavy atom. The normalized spacial score (nSPS) is 18.5. The number of pyridine rings is 1. The molecule has 1 saturated carbocycles. The topological polar surface area (TPSA) is 132 Å². The molecule has 162 valence electrons. The molecule has 2 heterocycles. The van der Waals surface area contributed by atoms with E-state index in [1.54, 1.807) is 12.1 Å². The maximum atomic E-state index is 15.6. The Labute approximate surface area is 178 Å². The fraction of sp³-hybridized carbons (Fsp3) is 0.333. The summed E-state index contributed by atoms with van der Waals surface area (Å²) in [5.41, 5.74) is 13.5. The smallest absolute Gasteiger partial charge is 0.250 e. The van der Waals surface area contributed by atoms with Crippen molar-refractivity contribution in [3.8, 4) is 5.88 Å². The predicted molar refractivity (Wildman–Crippen MR) is 116 cm³/mol. The van der Waals surface area contributed by atoms with Crippen molar-refractivity contribution in [1.29, 1.82) is 0 Å². The highest BCUT2D eigenvalue weighted by atomic mass is 19.2. The first-order valence-corrected chi connectivity index (χ1v) is 10.0. The molecule has 5 N–H and O–H groups in total. The molecular formula is C21H24FN7O2. The fourth-order valence-electron chi connectivity index (χ4n) is 3.80. The lowest BCUT2D eigenvalue weighted by atomic mass is 9.90. The maximum Gasteiger partial charge on any atom is 0.250 e. The molecule has 1 aliphatic carbocycles. The highest BCUT2D eigenvalue weighted by molar-refractivity contribution is 5.98. The second kappa shape index (κ2) is 8.68. The van der Waals surface area contributed by atoms with Gasteiger partial charge in [-0.05, 0) is 31.0 Å². The van der Waals surface area contributed by atoms with Gasteiger partial charge in [0.15, 0.2) is 0 Å². The van der Waals surface area contributed by atoms with Crippen LogP contribution in [0.2, 0.25) is 0 Å². The summed E-state index contributed by atoms with van der Waals surface area (Å²) in [4.78, 5) is 24.3. The van der Waals surface area contributed by atoms with Gasteiger partial charge in [-0.3, -0.25) is 9.78 Å². The zero-order chi connectivity index (χ0) is 22.0. The number of carbonyl (C=O) groups excluding carboxylic acids is 1. The third kappa shape index (κ3) is 4.19. The van der Waals surface area contributed by atoms with Crippen LogP contribution >= 0.6 is 0 Å². The molecule has 10 heteroatoms. The van der Waals surface area contributed by atoms with Crippen LogP contribution in [0, 0.1) is 0 Å². The molecule has 0 saturated heterocycles. The predicted octanol–water partition coefficient (Wildman–Crippen LogP) is 2.84. The summed E-state index contributed by atoms with van der Waals surface area (Å²) in [6.45, 7) is 0. The van der Waals surface area contributed by atoms with Gasteiger partial charge >= 0.3 is 0 Å². The third-order valence-corrected chi connectivity index (χ3v) is 5.47. The van der Waals surface area contributed by atoms with Crippen LogP contribution in [0.5, 0.6) is 5.88 Å². The average molecular weight is 425 g/mol. The second-order valence-electron chi connectivity index (χ2n) is 7.52. The molecule has 0 aliphatic heterocycles. The van der Waals surface area contributed by atoms with E-state index in [1.807, 2.05) is 0 Å². The van der Waals surface area contributed by atoms with Crippen molar-refractivity contribution in [2.45, 2.75) is 37.8 Å². The Kier molecular flexibility index (Phi) is 5.81. The van der Waals surface area contributed by atoms with Crippen LogP contribution in [0.25, 0.3) is 11.0 Å². The van der Waals surface area contributed by atoms with E-state index in [0.717, 1.165) is 25.7 Å². The molecule has 9 nitrogen and oxygen atoms in total. The SMILES string of the molecule is COc1cnc2c(NC3CCCCC3N)c(N(F)c3cncc(C(N)=O)c3)ccc2n1. The first-order valence-electron chi connectivity index (χ1n) is 10.0. The van der Waals surface area contributed by atoms with Gasteiger partial charge in [-0.15, -0.1) is 0 Å². The number of anilines is 3. The molecule has 0 spiro atoms. The zero-order valence-corrected chi connectivity index (χ0v) is 17.1. The summed E-state index contributed by atoms with van der Waals surface area (Å²) < 4.78 is 20.8. The molecule has 1 aliphatic rings. The second-order valence-corrected chi connectivity index (χ2v) is 7.52. The van der Waals surface area contributed by atoms with E-state index in [9.17, 15) is 4.79 Å². The lowest BCUT2D eigenvalue weighted by Gasteiger charge is -2.31. The molecule has 3 aromatic rings. The van der Waals surface area contributed by atoms with Crippen LogP contribution in [0.3, 0.4) is 0 Å². The number of primary amides is 1. The Hall–Kier alpha value is -3.53. The number of carbonyl (C=O) groups is 1. The lowest BCUT2D eigenvalue weighted by molar-refractivity contribution is 0.1000. The number of hydrogen-bond acceptors (Lipinski definition) is 8. The van der Waals surface area contributed by atoms with Gasteiger partial charge in [0.25, 0.3) is 0 Å². The van der Waals surface area contributed by atoms with Crippen molar-refractivity contribution >= 4 is 34.0 Å². The number of methoxy groups -OCH3 is 1. The fourth-order valence-corrected chi connectivity index (χ4v) is 3.80. The average Bonchev–Trinajstić information content (AvgIpc) is 2.79. The van der Waals surface area contributed by atoms with E-state index in [-0.39, 0.29) is 29.0 Å². The molecule has 2 unspecified atom stereocenters. The van der Waals surface area contributed by atoms with Crippen molar-refractivity contribution in [3.63, 3.8) is 0 Å². The Balaban J connectivity index is 1.81. The van der Waals surface area contributed by atoms with E-state index < -0.39 is 5.91 Å². The number of ether oxygens (including phenoxy) is 1. The number of hydrogen-bond donors (Lipinski definition) is 3. The van der Waals surface area contributed by atoms with Crippen molar-refractivity contribution in [1.82, 2.24) is 15.0 Å². The number of amides is 1. The summed E-state index contributed by atoms with van der Waals surface area (Å²) in [5, 5.41) is 3.85. The minimum absolute atomic E-state index is 0.0366. The van der Waals surface area contributed by atoms with Gasteiger partial charge in [0.2, 0.25) is 11.8 Å². The van der Waals surface area contributed by atoms with Crippen LogP contribution in [-0.4, -0.2) is 40.1 Å². The van der Waals surface area contributed by atoms with Gasteiger partial charge in [0, 0.05) is 18.3 Å².